The summed E-state index contributed by atoms with van der Waals surface area (Å²) in [6, 6.07) is 0. The van der Waals surface area contributed by atoms with Crippen LogP contribution in [-0.4, -0.2) is 9.55 Å². The summed E-state index contributed by atoms with van der Waals surface area (Å²) in [5.41, 5.74) is 0.0143. The van der Waals surface area contributed by atoms with Crippen LogP contribution in [0.3, 0.4) is 0 Å². The van der Waals surface area contributed by atoms with Gasteiger partial charge in [-0.05, 0) is 22.4 Å². The summed E-state index contributed by atoms with van der Waals surface area (Å²) in [7, 11) is 0. The van der Waals surface area contributed by atoms with Gasteiger partial charge in [-0.2, -0.15) is 0 Å². The number of nitrogens with zero attached hydrogens (tertiary/aromatic N) is 2. The van der Waals surface area contributed by atoms with E-state index in [4.69, 9.17) is 0 Å². The normalized spacial score (nSPS) is 10.5. The molecule has 0 aromatic carbocycles. The second kappa shape index (κ2) is 6.77. The first-order valence-electron chi connectivity index (χ1n) is 5.45. The van der Waals surface area contributed by atoms with E-state index in [1.807, 2.05) is 0 Å². The Kier molecular flexibility index (Phi) is 5.61. The topological polar surface area (TPSA) is 34.9 Å². The third kappa shape index (κ3) is 4.16. The third-order valence-corrected chi connectivity index (χ3v) is 2.91. The number of unbranched alkanes of at least 4 members (excludes halogenated alkanes) is 4. The molecule has 0 bridgehead atoms. The second-order valence-electron chi connectivity index (χ2n) is 3.65. The highest BCUT2D eigenvalue weighted by molar-refractivity contribution is 9.10. The van der Waals surface area contributed by atoms with E-state index in [2.05, 4.69) is 27.8 Å². The summed E-state index contributed by atoms with van der Waals surface area (Å²) in [5, 5.41) is 0. The zero-order chi connectivity index (χ0) is 11.1. The quantitative estimate of drug-likeness (QED) is 0.747. The molecule has 1 aromatic rings. The lowest BCUT2D eigenvalue weighted by Gasteiger charge is -2.04. The van der Waals surface area contributed by atoms with Crippen molar-refractivity contribution in [1.82, 2.24) is 9.55 Å². The number of aryl methyl sites for hydroxylation is 1. The Morgan fingerprint density at radius 2 is 2.07 bits per heavy atom. The molecule has 4 heteroatoms. The van der Waals surface area contributed by atoms with Crippen molar-refractivity contribution in [3.8, 4) is 0 Å². The monoisotopic (exact) mass is 272 g/mol. The van der Waals surface area contributed by atoms with Gasteiger partial charge >= 0.3 is 0 Å². The van der Waals surface area contributed by atoms with Crippen LogP contribution in [0.1, 0.15) is 39.0 Å². The molecule has 84 valence electrons. The highest BCUT2D eigenvalue weighted by Crippen LogP contribution is 2.04. The van der Waals surface area contributed by atoms with Gasteiger partial charge in [-0.25, -0.2) is 4.98 Å². The van der Waals surface area contributed by atoms with Crippen molar-refractivity contribution in [2.24, 2.45) is 0 Å². The summed E-state index contributed by atoms with van der Waals surface area (Å²) >= 11 is 3.18. The Bertz CT molecular complexity index is 349. The van der Waals surface area contributed by atoms with Crippen LogP contribution in [0.15, 0.2) is 21.8 Å². The van der Waals surface area contributed by atoms with Crippen LogP contribution in [-0.2, 0) is 6.54 Å². The molecule has 0 saturated carbocycles. The highest BCUT2D eigenvalue weighted by Gasteiger charge is 1.99. The van der Waals surface area contributed by atoms with E-state index in [1.54, 1.807) is 10.9 Å². The van der Waals surface area contributed by atoms with Gasteiger partial charge in [-0.15, -0.1) is 0 Å². The Hall–Kier alpha value is -0.640. The minimum atomic E-state index is 0.0143. The molecule has 0 N–H and O–H groups in total. The molecule has 0 radical (unpaired) electrons. The molecule has 1 rings (SSSR count). The Morgan fingerprint density at radius 1 is 1.33 bits per heavy atom. The van der Waals surface area contributed by atoms with Crippen LogP contribution in [0.25, 0.3) is 0 Å². The lowest BCUT2D eigenvalue weighted by Crippen LogP contribution is -2.20. The molecule has 0 aliphatic heterocycles. The van der Waals surface area contributed by atoms with Crippen LogP contribution in [0.5, 0.6) is 0 Å². The molecule has 0 aliphatic carbocycles. The maximum atomic E-state index is 11.6. The van der Waals surface area contributed by atoms with E-state index in [0.717, 1.165) is 13.0 Å². The van der Waals surface area contributed by atoms with E-state index in [0.29, 0.717) is 4.47 Å². The maximum Gasteiger partial charge on any atom is 0.267 e. The number of hydrogen-bond acceptors (Lipinski definition) is 2. The number of halogens is 1. The van der Waals surface area contributed by atoms with Gasteiger partial charge in [0, 0.05) is 12.7 Å². The number of rotatable bonds is 6. The zero-order valence-electron chi connectivity index (χ0n) is 9.08. The summed E-state index contributed by atoms with van der Waals surface area (Å²) in [4.78, 5) is 15.5. The molecule has 1 heterocycles. The molecular formula is C11H17BrN2O. The molecule has 3 nitrogen and oxygen atoms in total. The minimum absolute atomic E-state index is 0.0143. The van der Waals surface area contributed by atoms with Crippen molar-refractivity contribution in [3.05, 3.63) is 27.4 Å². The van der Waals surface area contributed by atoms with Crippen molar-refractivity contribution in [2.75, 3.05) is 0 Å². The SMILES string of the molecule is CCCCCCCn1cncc(Br)c1=O. The average Bonchev–Trinajstić information content (AvgIpc) is 2.24. The Balaban J connectivity index is 2.38. The predicted octanol–water partition coefficient (Wildman–Crippen LogP) is 2.98. The van der Waals surface area contributed by atoms with Crippen molar-refractivity contribution in [1.29, 1.82) is 0 Å². The number of hydrogen-bond donors (Lipinski definition) is 0. The first-order chi connectivity index (χ1) is 7.25. The van der Waals surface area contributed by atoms with Crippen molar-refractivity contribution in [2.45, 2.75) is 45.6 Å². The van der Waals surface area contributed by atoms with Crippen molar-refractivity contribution >= 4 is 15.9 Å². The Morgan fingerprint density at radius 3 is 2.80 bits per heavy atom. The van der Waals surface area contributed by atoms with Crippen LogP contribution in [0, 0.1) is 0 Å². The van der Waals surface area contributed by atoms with Gasteiger partial charge in [-0.1, -0.05) is 32.6 Å². The molecular weight excluding hydrogens is 256 g/mol. The first kappa shape index (κ1) is 12.4. The van der Waals surface area contributed by atoms with E-state index in [-0.39, 0.29) is 5.56 Å². The smallest absolute Gasteiger partial charge is 0.267 e. The van der Waals surface area contributed by atoms with Gasteiger partial charge in [0.2, 0.25) is 0 Å². The van der Waals surface area contributed by atoms with E-state index in [1.165, 1.54) is 31.9 Å². The summed E-state index contributed by atoms with van der Waals surface area (Å²) in [5.74, 6) is 0. The minimum Gasteiger partial charge on any atom is -0.298 e. The van der Waals surface area contributed by atoms with Gasteiger partial charge < -0.3 is 0 Å². The zero-order valence-corrected chi connectivity index (χ0v) is 10.7. The second-order valence-corrected chi connectivity index (χ2v) is 4.51. The standard InChI is InChI=1S/C11H17BrN2O/c1-2-3-4-5-6-7-14-9-13-8-10(12)11(14)15/h8-9H,2-7H2,1H3. The van der Waals surface area contributed by atoms with E-state index in [9.17, 15) is 4.79 Å². The molecule has 15 heavy (non-hydrogen) atoms. The van der Waals surface area contributed by atoms with Crippen LogP contribution in [0.4, 0.5) is 0 Å². The summed E-state index contributed by atoms with van der Waals surface area (Å²) < 4.78 is 2.20. The fraction of sp³-hybridized carbons (Fsp3) is 0.636. The fourth-order valence-electron chi connectivity index (χ4n) is 1.47. The maximum absolute atomic E-state index is 11.6. The van der Waals surface area contributed by atoms with Gasteiger partial charge in [0.1, 0.15) is 4.47 Å². The molecule has 1 aromatic heterocycles. The van der Waals surface area contributed by atoms with Crippen molar-refractivity contribution in [3.63, 3.8) is 0 Å². The molecule has 0 aliphatic rings. The lowest BCUT2D eigenvalue weighted by molar-refractivity contribution is 0.552. The molecule has 0 spiro atoms. The van der Waals surface area contributed by atoms with Crippen LogP contribution >= 0.6 is 15.9 Å². The first-order valence-corrected chi connectivity index (χ1v) is 6.25. The molecule has 0 saturated heterocycles. The largest absolute Gasteiger partial charge is 0.298 e. The average molecular weight is 273 g/mol. The van der Waals surface area contributed by atoms with E-state index >= 15 is 0 Å². The van der Waals surface area contributed by atoms with E-state index < -0.39 is 0 Å². The third-order valence-electron chi connectivity index (χ3n) is 2.36. The molecule has 0 atom stereocenters. The van der Waals surface area contributed by atoms with Gasteiger partial charge in [0.25, 0.3) is 5.56 Å². The molecule has 0 fully saturated rings. The van der Waals surface area contributed by atoms with Crippen LogP contribution in [0.2, 0.25) is 0 Å². The predicted molar refractivity (Wildman–Crippen MR) is 65.0 cm³/mol. The summed E-state index contributed by atoms with van der Waals surface area (Å²) in [6.45, 7) is 2.97. The fourth-order valence-corrected chi connectivity index (χ4v) is 1.82. The lowest BCUT2D eigenvalue weighted by atomic mass is 10.1. The van der Waals surface area contributed by atoms with Gasteiger partial charge in [0.15, 0.2) is 0 Å². The summed E-state index contributed by atoms with van der Waals surface area (Å²) in [6.07, 6.45) is 9.17. The molecule has 0 unspecified atom stereocenters. The molecule has 0 amide bonds. The highest BCUT2D eigenvalue weighted by atomic mass is 79.9. The van der Waals surface area contributed by atoms with Crippen molar-refractivity contribution < 1.29 is 0 Å². The van der Waals surface area contributed by atoms with Gasteiger partial charge in [0.05, 0.1) is 6.33 Å². The Labute approximate surface area is 98.7 Å². The number of aromatic nitrogens is 2. The van der Waals surface area contributed by atoms with Crippen LogP contribution < -0.4 is 5.56 Å². The van der Waals surface area contributed by atoms with Gasteiger partial charge in [-0.3, -0.25) is 9.36 Å².